The molecule has 6 heteroatoms. The van der Waals surface area contributed by atoms with Gasteiger partial charge in [-0.25, -0.2) is 4.39 Å². The van der Waals surface area contributed by atoms with Crippen LogP contribution in [0.5, 0.6) is 0 Å². The van der Waals surface area contributed by atoms with Crippen molar-refractivity contribution in [2.75, 3.05) is 11.4 Å². The van der Waals surface area contributed by atoms with Crippen molar-refractivity contribution >= 4 is 11.6 Å². The van der Waals surface area contributed by atoms with Crippen LogP contribution in [-0.2, 0) is 11.2 Å². The molecule has 1 aromatic carbocycles. The van der Waals surface area contributed by atoms with Crippen LogP contribution in [0.15, 0.2) is 28.8 Å². The molecule has 1 atom stereocenters. The molecule has 0 radical (unpaired) electrons. The highest BCUT2D eigenvalue weighted by Gasteiger charge is 2.35. The Balaban J connectivity index is 1.83. The molecule has 2 aromatic rings. The van der Waals surface area contributed by atoms with Crippen LogP contribution in [0, 0.1) is 5.82 Å². The molecule has 20 heavy (non-hydrogen) atoms. The lowest BCUT2D eigenvalue weighted by molar-refractivity contribution is -0.117. The molecule has 2 heterocycles. The molecule has 1 saturated heterocycles. The molecule has 3 rings (SSSR count). The molecule has 0 spiro atoms. The van der Waals surface area contributed by atoms with E-state index in [0.29, 0.717) is 30.4 Å². The number of aryl methyl sites for hydroxylation is 1. The summed E-state index contributed by atoms with van der Waals surface area (Å²) in [6, 6.07) is 6.25. The molecule has 0 N–H and O–H groups in total. The largest absolute Gasteiger partial charge is 0.339 e. The van der Waals surface area contributed by atoms with Crippen molar-refractivity contribution in [2.24, 2.45) is 0 Å². The van der Waals surface area contributed by atoms with Crippen molar-refractivity contribution < 1.29 is 13.7 Å². The monoisotopic (exact) mass is 275 g/mol. The molecule has 1 fully saturated rings. The highest BCUT2D eigenvalue weighted by Crippen LogP contribution is 2.32. The molecule has 104 valence electrons. The van der Waals surface area contributed by atoms with Gasteiger partial charge in [0, 0.05) is 19.4 Å². The van der Waals surface area contributed by atoms with Gasteiger partial charge in [0.2, 0.25) is 11.8 Å². The van der Waals surface area contributed by atoms with Gasteiger partial charge in [0.05, 0.1) is 11.6 Å². The number of hydrogen-bond acceptors (Lipinski definition) is 4. The summed E-state index contributed by atoms with van der Waals surface area (Å²) in [6.07, 6.45) is 0.945. The zero-order valence-corrected chi connectivity index (χ0v) is 11.0. The van der Waals surface area contributed by atoms with Crippen molar-refractivity contribution in [1.29, 1.82) is 0 Å². The smallest absolute Gasteiger partial charge is 0.232 e. The fraction of sp³-hybridized carbons (Fsp3) is 0.357. The molecular formula is C14H14FN3O2. The average molecular weight is 275 g/mol. The SMILES string of the molecule is CCc1noc([C@H]2CC(=O)N(c3ccccc3F)C2)n1. The van der Waals surface area contributed by atoms with Crippen molar-refractivity contribution in [3.63, 3.8) is 0 Å². The minimum absolute atomic E-state index is 0.128. The number of amides is 1. The number of benzene rings is 1. The van der Waals surface area contributed by atoms with Crippen LogP contribution in [-0.4, -0.2) is 22.6 Å². The molecule has 1 aromatic heterocycles. The van der Waals surface area contributed by atoms with E-state index in [1.807, 2.05) is 6.92 Å². The summed E-state index contributed by atoms with van der Waals surface area (Å²) < 4.78 is 18.9. The van der Waals surface area contributed by atoms with E-state index in [1.165, 1.54) is 11.0 Å². The lowest BCUT2D eigenvalue weighted by Gasteiger charge is -2.16. The number of anilines is 1. The van der Waals surface area contributed by atoms with E-state index in [9.17, 15) is 9.18 Å². The molecular weight excluding hydrogens is 261 g/mol. The van der Waals surface area contributed by atoms with Crippen LogP contribution in [0.4, 0.5) is 10.1 Å². The maximum Gasteiger partial charge on any atom is 0.232 e. The molecule has 1 aliphatic rings. The first kappa shape index (κ1) is 12.8. The lowest BCUT2D eigenvalue weighted by atomic mass is 10.1. The van der Waals surface area contributed by atoms with Crippen LogP contribution in [0.2, 0.25) is 0 Å². The lowest BCUT2D eigenvalue weighted by Crippen LogP contribution is -2.25. The van der Waals surface area contributed by atoms with Gasteiger partial charge in [0.15, 0.2) is 5.82 Å². The van der Waals surface area contributed by atoms with Gasteiger partial charge in [0.25, 0.3) is 0 Å². The average Bonchev–Trinajstić information content (AvgIpc) is 3.06. The van der Waals surface area contributed by atoms with E-state index >= 15 is 0 Å². The second-order valence-electron chi connectivity index (χ2n) is 4.76. The topological polar surface area (TPSA) is 59.2 Å². The van der Waals surface area contributed by atoms with E-state index in [4.69, 9.17) is 4.52 Å². The number of rotatable bonds is 3. The minimum atomic E-state index is -0.402. The van der Waals surface area contributed by atoms with Crippen molar-refractivity contribution in [1.82, 2.24) is 10.1 Å². The first-order chi connectivity index (χ1) is 9.69. The van der Waals surface area contributed by atoms with Gasteiger partial charge in [-0.2, -0.15) is 4.98 Å². The Hall–Kier alpha value is -2.24. The number of nitrogens with zero attached hydrogens (tertiary/aromatic N) is 3. The number of hydrogen-bond donors (Lipinski definition) is 0. The van der Waals surface area contributed by atoms with Gasteiger partial charge in [0.1, 0.15) is 5.82 Å². The van der Waals surface area contributed by atoms with Crippen LogP contribution >= 0.6 is 0 Å². The van der Waals surface area contributed by atoms with Gasteiger partial charge in [-0.1, -0.05) is 24.2 Å². The van der Waals surface area contributed by atoms with E-state index in [0.717, 1.165) is 0 Å². The number of aromatic nitrogens is 2. The fourth-order valence-corrected chi connectivity index (χ4v) is 2.35. The summed E-state index contributed by atoms with van der Waals surface area (Å²) in [5.41, 5.74) is 0.301. The maximum atomic E-state index is 13.8. The summed E-state index contributed by atoms with van der Waals surface area (Å²) >= 11 is 0. The fourth-order valence-electron chi connectivity index (χ4n) is 2.35. The predicted molar refractivity (Wildman–Crippen MR) is 69.8 cm³/mol. The minimum Gasteiger partial charge on any atom is -0.339 e. The summed E-state index contributed by atoms with van der Waals surface area (Å²) in [6.45, 7) is 2.30. The van der Waals surface area contributed by atoms with Gasteiger partial charge in [-0.3, -0.25) is 4.79 Å². The van der Waals surface area contributed by atoms with Crippen LogP contribution < -0.4 is 4.90 Å². The molecule has 0 bridgehead atoms. The van der Waals surface area contributed by atoms with E-state index in [2.05, 4.69) is 10.1 Å². The Bertz CT molecular complexity index is 641. The summed E-state index contributed by atoms with van der Waals surface area (Å²) in [5, 5.41) is 3.83. The third-order valence-electron chi connectivity index (χ3n) is 3.42. The van der Waals surface area contributed by atoms with Crippen molar-refractivity contribution in [2.45, 2.75) is 25.7 Å². The molecule has 0 aliphatic carbocycles. The Kier molecular flexibility index (Phi) is 3.22. The van der Waals surface area contributed by atoms with Crippen LogP contribution in [0.1, 0.15) is 31.0 Å². The molecule has 0 saturated carbocycles. The Morgan fingerprint density at radius 2 is 2.25 bits per heavy atom. The van der Waals surface area contributed by atoms with Crippen molar-refractivity contribution in [3.05, 3.63) is 41.8 Å². The zero-order chi connectivity index (χ0) is 14.1. The van der Waals surface area contributed by atoms with Gasteiger partial charge < -0.3 is 9.42 Å². The van der Waals surface area contributed by atoms with Gasteiger partial charge in [-0.05, 0) is 12.1 Å². The van der Waals surface area contributed by atoms with E-state index in [1.54, 1.807) is 18.2 Å². The van der Waals surface area contributed by atoms with E-state index in [-0.39, 0.29) is 18.2 Å². The zero-order valence-electron chi connectivity index (χ0n) is 11.0. The Morgan fingerprint density at radius 3 is 2.95 bits per heavy atom. The quantitative estimate of drug-likeness (QED) is 0.862. The molecule has 1 aliphatic heterocycles. The highest BCUT2D eigenvalue weighted by atomic mass is 19.1. The third-order valence-corrected chi connectivity index (χ3v) is 3.42. The van der Waals surface area contributed by atoms with Crippen LogP contribution in [0.25, 0.3) is 0 Å². The normalized spacial score (nSPS) is 18.8. The summed E-state index contributed by atoms with van der Waals surface area (Å²) in [7, 11) is 0. The Morgan fingerprint density at radius 1 is 1.45 bits per heavy atom. The second-order valence-corrected chi connectivity index (χ2v) is 4.76. The standard InChI is InChI=1S/C14H14FN3O2/c1-2-12-16-14(20-17-12)9-7-13(19)18(8-9)11-6-4-3-5-10(11)15/h3-6,9H,2,7-8H2,1H3/t9-/m0/s1. The number of carbonyl (C=O) groups excluding carboxylic acids is 1. The number of carbonyl (C=O) groups is 1. The molecule has 0 unspecified atom stereocenters. The van der Waals surface area contributed by atoms with Gasteiger partial charge >= 0.3 is 0 Å². The maximum absolute atomic E-state index is 13.8. The Labute approximate surface area is 115 Å². The third kappa shape index (κ3) is 2.17. The van der Waals surface area contributed by atoms with Gasteiger partial charge in [-0.15, -0.1) is 0 Å². The molecule has 5 nitrogen and oxygen atoms in total. The molecule has 1 amide bonds. The summed E-state index contributed by atoms with van der Waals surface area (Å²) in [4.78, 5) is 17.7. The van der Waals surface area contributed by atoms with Crippen molar-refractivity contribution in [3.8, 4) is 0 Å². The first-order valence-corrected chi connectivity index (χ1v) is 6.56. The van der Waals surface area contributed by atoms with E-state index < -0.39 is 5.82 Å². The van der Waals surface area contributed by atoms with Crippen LogP contribution in [0.3, 0.4) is 0 Å². The first-order valence-electron chi connectivity index (χ1n) is 6.56. The highest BCUT2D eigenvalue weighted by molar-refractivity contribution is 5.96. The number of para-hydroxylation sites is 1. The number of halogens is 1. The predicted octanol–water partition coefficient (Wildman–Crippen LogP) is 2.29. The second kappa shape index (κ2) is 5.03. The summed E-state index contributed by atoms with van der Waals surface area (Å²) in [5.74, 6) is 0.373.